The number of carbonyl (C=O) groups is 1. The van der Waals surface area contributed by atoms with Crippen LogP contribution in [0.3, 0.4) is 0 Å². The van der Waals surface area contributed by atoms with Gasteiger partial charge in [0.1, 0.15) is 5.78 Å². The minimum absolute atomic E-state index is 0.232. The van der Waals surface area contributed by atoms with Crippen LogP contribution >= 0.6 is 0 Å². The van der Waals surface area contributed by atoms with Crippen LogP contribution in [0.5, 0.6) is 0 Å². The minimum atomic E-state index is 0.232. The zero-order valence-corrected chi connectivity index (χ0v) is 12.4. The Balaban J connectivity index is 1.82. The maximum atomic E-state index is 12.5. The third kappa shape index (κ3) is 1.44. The normalized spacial score (nSPS) is 34.5. The molecule has 1 aromatic carbocycles. The first kappa shape index (κ1) is 12.2. The number of hydrogen-bond donors (Lipinski definition) is 1. The van der Waals surface area contributed by atoms with Gasteiger partial charge in [-0.05, 0) is 49.9 Å². The molecule has 1 aromatic rings. The summed E-state index contributed by atoms with van der Waals surface area (Å²) in [7, 11) is 2.17. The van der Waals surface area contributed by atoms with Gasteiger partial charge in [-0.3, -0.25) is 4.79 Å². The van der Waals surface area contributed by atoms with Crippen LogP contribution in [0.2, 0.25) is 0 Å². The van der Waals surface area contributed by atoms with Gasteiger partial charge in [-0.2, -0.15) is 0 Å². The fourth-order valence-corrected chi connectivity index (χ4v) is 4.55. The topological polar surface area (TPSA) is 32.3 Å². The predicted octanol–water partition coefficient (Wildman–Crippen LogP) is 2.90. The van der Waals surface area contributed by atoms with Crippen LogP contribution in [0.1, 0.15) is 30.4 Å². The van der Waals surface area contributed by atoms with Crippen molar-refractivity contribution in [1.29, 1.82) is 0 Å². The van der Waals surface area contributed by atoms with Gasteiger partial charge in [0.05, 0.1) is 23.5 Å². The van der Waals surface area contributed by atoms with Gasteiger partial charge in [-0.25, -0.2) is 0 Å². The van der Waals surface area contributed by atoms with Gasteiger partial charge >= 0.3 is 0 Å². The Labute approximate surface area is 120 Å². The molecule has 0 radical (unpaired) electrons. The fraction of sp³-hybridized carbons (Fsp3) is 0.588. The number of nitrogens with zero attached hydrogens (tertiary/aromatic N) is 1. The average Bonchev–Trinajstić information content (AvgIpc) is 2.59. The molecule has 3 aliphatic rings. The molecule has 0 amide bonds. The van der Waals surface area contributed by atoms with E-state index in [9.17, 15) is 4.79 Å². The van der Waals surface area contributed by atoms with E-state index in [1.165, 1.54) is 28.9 Å². The van der Waals surface area contributed by atoms with Crippen molar-refractivity contribution in [3.63, 3.8) is 0 Å². The average molecular weight is 270 g/mol. The van der Waals surface area contributed by atoms with Crippen molar-refractivity contribution in [3.8, 4) is 0 Å². The van der Waals surface area contributed by atoms with Gasteiger partial charge < -0.3 is 10.2 Å². The maximum absolute atomic E-state index is 12.5. The zero-order chi connectivity index (χ0) is 14.0. The second kappa shape index (κ2) is 4.00. The van der Waals surface area contributed by atoms with Gasteiger partial charge in [0.15, 0.2) is 0 Å². The van der Waals surface area contributed by atoms with Crippen LogP contribution in [-0.4, -0.2) is 24.9 Å². The van der Waals surface area contributed by atoms with Crippen LogP contribution < -0.4 is 10.2 Å². The van der Waals surface area contributed by atoms with Crippen LogP contribution in [0.4, 0.5) is 11.4 Å². The molecule has 0 saturated heterocycles. The van der Waals surface area contributed by atoms with Crippen LogP contribution in [0.25, 0.3) is 0 Å². The molecule has 2 fully saturated rings. The molecular weight excluding hydrogens is 248 g/mol. The molecule has 106 valence electrons. The molecule has 1 heterocycles. The number of carbonyl (C=O) groups excluding carboxylic acids is 1. The van der Waals surface area contributed by atoms with Crippen molar-refractivity contribution < 1.29 is 4.79 Å². The summed E-state index contributed by atoms with van der Waals surface area (Å²) in [6.07, 6.45) is 3.35. The molecule has 1 aliphatic heterocycles. The number of ketones is 1. The largest absolute Gasteiger partial charge is 0.378 e. The van der Waals surface area contributed by atoms with Crippen LogP contribution in [0, 0.1) is 25.7 Å². The number of anilines is 2. The Hall–Kier alpha value is -1.51. The lowest BCUT2D eigenvalue weighted by Gasteiger charge is -2.41. The molecule has 2 bridgehead atoms. The lowest BCUT2D eigenvalue weighted by atomic mass is 9.87. The molecule has 2 aliphatic carbocycles. The Morgan fingerprint density at radius 3 is 2.65 bits per heavy atom. The molecule has 3 heteroatoms. The lowest BCUT2D eigenvalue weighted by molar-refractivity contribution is -0.125. The third-order valence-electron chi connectivity index (χ3n) is 5.74. The van der Waals surface area contributed by atoms with Crippen LogP contribution in [0.15, 0.2) is 12.1 Å². The van der Waals surface area contributed by atoms with E-state index < -0.39 is 0 Å². The van der Waals surface area contributed by atoms with E-state index in [0.29, 0.717) is 17.9 Å². The van der Waals surface area contributed by atoms with E-state index in [4.69, 9.17) is 0 Å². The summed E-state index contributed by atoms with van der Waals surface area (Å²) in [5, 5.41) is 3.70. The number of hydrogen-bond acceptors (Lipinski definition) is 3. The standard InChI is InChI=1S/C17H22N2O/c1-9-7-13-14(8-10(9)2)19(3)16-12-6-4-5-11(17(12)20)15(16)18-13/h7-8,11-12,15-16,18H,4-6H2,1-3H3. The lowest BCUT2D eigenvalue weighted by Crippen LogP contribution is -2.50. The quantitative estimate of drug-likeness (QED) is 0.786. The number of likely N-dealkylation sites (N-methyl/N-ethyl adjacent to an activating group) is 1. The minimum Gasteiger partial charge on any atom is -0.378 e. The van der Waals surface area contributed by atoms with Gasteiger partial charge in [0.25, 0.3) is 0 Å². The van der Waals surface area contributed by atoms with E-state index >= 15 is 0 Å². The van der Waals surface area contributed by atoms with E-state index in [1.54, 1.807) is 0 Å². The molecule has 1 N–H and O–H groups in total. The first-order valence-electron chi connectivity index (χ1n) is 7.72. The summed E-state index contributed by atoms with van der Waals surface area (Å²) in [5.74, 6) is 0.980. The summed E-state index contributed by atoms with van der Waals surface area (Å²) in [6.45, 7) is 4.31. The highest BCUT2D eigenvalue weighted by Crippen LogP contribution is 2.48. The summed E-state index contributed by atoms with van der Waals surface area (Å²) in [5.41, 5.74) is 5.10. The highest BCUT2D eigenvalue weighted by Gasteiger charge is 2.55. The van der Waals surface area contributed by atoms with Gasteiger partial charge in [0.2, 0.25) is 0 Å². The number of rotatable bonds is 0. The fourth-order valence-electron chi connectivity index (χ4n) is 4.55. The highest BCUT2D eigenvalue weighted by atomic mass is 16.1. The maximum Gasteiger partial charge on any atom is 0.143 e. The Morgan fingerprint density at radius 1 is 1.15 bits per heavy atom. The summed E-state index contributed by atoms with van der Waals surface area (Å²) < 4.78 is 0. The molecule has 3 nitrogen and oxygen atoms in total. The van der Waals surface area contributed by atoms with Crippen molar-refractivity contribution in [2.24, 2.45) is 11.8 Å². The van der Waals surface area contributed by atoms with Crippen molar-refractivity contribution in [1.82, 2.24) is 0 Å². The number of fused-ring (bicyclic) bond motifs is 6. The molecule has 0 spiro atoms. The highest BCUT2D eigenvalue weighted by molar-refractivity contribution is 5.92. The second-order valence-corrected chi connectivity index (χ2v) is 6.77. The third-order valence-corrected chi connectivity index (χ3v) is 5.74. The van der Waals surface area contributed by atoms with E-state index in [2.05, 4.69) is 43.2 Å². The Bertz CT molecular complexity index is 595. The molecule has 4 atom stereocenters. The smallest absolute Gasteiger partial charge is 0.143 e. The van der Waals surface area contributed by atoms with Crippen molar-refractivity contribution >= 4 is 17.2 Å². The number of aryl methyl sites for hydroxylation is 2. The first-order valence-corrected chi connectivity index (χ1v) is 7.72. The number of benzene rings is 1. The summed E-state index contributed by atoms with van der Waals surface area (Å²) >= 11 is 0. The van der Waals surface area contributed by atoms with Crippen LogP contribution in [-0.2, 0) is 4.79 Å². The Kier molecular flexibility index (Phi) is 2.45. The van der Waals surface area contributed by atoms with Gasteiger partial charge in [0, 0.05) is 18.9 Å². The number of nitrogens with one attached hydrogen (secondary N) is 1. The molecular formula is C17H22N2O. The van der Waals surface area contributed by atoms with E-state index in [-0.39, 0.29) is 11.8 Å². The first-order chi connectivity index (χ1) is 9.58. The molecule has 4 unspecified atom stereocenters. The Morgan fingerprint density at radius 2 is 1.85 bits per heavy atom. The molecule has 20 heavy (non-hydrogen) atoms. The van der Waals surface area contributed by atoms with Crippen molar-refractivity contribution in [3.05, 3.63) is 23.3 Å². The predicted molar refractivity (Wildman–Crippen MR) is 81.4 cm³/mol. The van der Waals surface area contributed by atoms with E-state index in [0.717, 1.165) is 12.8 Å². The second-order valence-electron chi connectivity index (χ2n) is 6.77. The van der Waals surface area contributed by atoms with Crippen molar-refractivity contribution in [2.45, 2.75) is 45.2 Å². The van der Waals surface area contributed by atoms with Gasteiger partial charge in [-0.15, -0.1) is 0 Å². The SMILES string of the molecule is Cc1cc2c(cc1C)N(C)C1C3CCCC(C3=O)C1N2. The molecule has 0 aromatic heterocycles. The molecule has 2 saturated carbocycles. The zero-order valence-electron chi connectivity index (χ0n) is 12.4. The monoisotopic (exact) mass is 270 g/mol. The molecule has 4 rings (SSSR count). The van der Waals surface area contributed by atoms with Gasteiger partial charge in [-0.1, -0.05) is 6.42 Å². The summed E-state index contributed by atoms with van der Waals surface area (Å²) in [4.78, 5) is 14.9. The number of Topliss-reactive ketones (excluding diaryl/α,β-unsaturated/α-hetero) is 1. The van der Waals surface area contributed by atoms with E-state index in [1.807, 2.05) is 0 Å². The summed E-state index contributed by atoms with van der Waals surface area (Å²) in [6, 6.07) is 5.17. The van der Waals surface area contributed by atoms with Crippen molar-refractivity contribution in [2.75, 3.05) is 17.3 Å².